The largest absolute Gasteiger partial charge is 0.493 e. The van der Waals surface area contributed by atoms with Crippen molar-refractivity contribution >= 4 is 23.9 Å². The van der Waals surface area contributed by atoms with E-state index in [9.17, 15) is 19.2 Å². The predicted molar refractivity (Wildman–Crippen MR) is 214 cm³/mol. The zero-order chi connectivity index (χ0) is 41.0. The molecule has 0 aromatic heterocycles. The van der Waals surface area contributed by atoms with Crippen LogP contribution in [0.15, 0.2) is 122 Å². The molecule has 0 spiro atoms. The molecular formula is C46H48O12. The van der Waals surface area contributed by atoms with Crippen LogP contribution < -0.4 is 18.9 Å². The SMILES string of the molecule is C=CC(=O)OCCCOc1ccc(C(=O)Oc2ccc(CO[C@@H]3CCCC[C@H]3OCc3ccc(OC(=O)c4ccc(OCCCOC(=O)C=C)cc4)cc3)cc2)cc1. The van der Waals surface area contributed by atoms with Crippen LogP contribution in [-0.4, -0.2) is 62.5 Å². The molecule has 0 heterocycles. The van der Waals surface area contributed by atoms with Gasteiger partial charge in [0.15, 0.2) is 0 Å². The molecule has 0 N–H and O–H groups in total. The van der Waals surface area contributed by atoms with Gasteiger partial charge in [0, 0.05) is 25.0 Å². The van der Waals surface area contributed by atoms with Crippen LogP contribution in [0.2, 0.25) is 0 Å². The number of rotatable bonds is 22. The maximum Gasteiger partial charge on any atom is 0.343 e. The molecule has 12 nitrogen and oxygen atoms in total. The Hall–Kier alpha value is -6.24. The molecule has 0 unspecified atom stereocenters. The molecule has 1 aliphatic carbocycles. The summed E-state index contributed by atoms with van der Waals surface area (Å²) in [5.74, 6) is 0.0911. The van der Waals surface area contributed by atoms with E-state index in [0.29, 0.717) is 73.4 Å². The van der Waals surface area contributed by atoms with Gasteiger partial charge in [-0.1, -0.05) is 50.3 Å². The van der Waals surface area contributed by atoms with E-state index in [1.165, 1.54) is 0 Å². The van der Waals surface area contributed by atoms with Crippen LogP contribution in [0.3, 0.4) is 0 Å². The summed E-state index contributed by atoms with van der Waals surface area (Å²) < 4.78 is 44.9. The molecule has 0 saturated heterocycles. The van der Waals surface area contributed by atoms with Crippen molar-refractivity contribution in [1.29, 1.82) is 0 Å². The Kier molecular flexibility index (Phi) is 17.1. The van der Waals surface area contributed by atoms with Crippen LogP contribution in [-0.2, 0) is 41.8 Å². The van der Waals surface area contributed by atoms with E-state index in [1.807, 2.05) is 24.3 Å². The van der Waals surface area contributed by atoms with Crippen molar-refractivity contribution in [2.24, 2.45) is 0 Å². The Morgan fingerprint density at radius 3 is 1.22 bits per heavy atom. The molecule has 0 aliphatic heterocycles. The molecule has 0 bridgehead atoms. The van der Waals surface area contributed by atoms with Gasteiger partial charge in [-0.25, -0.2) is 19.2 Å². The van der Waals surface area contributed by atoms with Gasteiger partial charge >= 0.3 is 23.9 Å². The van der Waals surface area contributed by atoms with Crippen molar-refractivity contribution in [3.63, 3.8) is 0 Å². The third-order valence-electron chi connectivity index (χ3n) is 8.95. The molecule has 12 heteroatoms. The first-order valence-electron chi connectivity index (χ1n) is 19.2. The molecule has 5 rings (SSSR count). The van der Waals surface area contributed by atoms with Gasteiger partial charge < -0.3 is 37.9 Å². The minimum Gasteiger partial charge on any atom is -0.493 e. The van der Waals surface area contributed by atoms with Crippen LogP contribution in [0.4, 0.5) is 0 Å². The lowest BCUT2D eigenvalue weighted by atomic mass is 9.94. The second-order valence-corrected chi connectivity index (χ2v) is 13.2. The summed E-state index contributed by atoms with van der Waals surface area (Å²) in [5.41, 5.74) is 2.65. The number of carbonyl (C=O) groups excluding carboxylic acids is 4. The van der Waals surface area contributed by atoms with Crippen molar-refractivity contribution in [2.45, 2.75) is 63.9 Å². The predicted octanol–water partition coefficient (Wildman–Crippen LogP) is 8.17. The Bertz CT molecular complexity index is 1790. The van der Waals surface area contributed by atoms with E-state index in [-0.39, 0.29) is 25.4 Å². The standard InChI is InChI=1S/C46H48O12/c1-3-43(47)53-29-7-27-51-37-23-15-35(16-24-37)45(49)57-39-19-11-33(12-20-39)31-55-41-9-5-6-10-42(41)56-32-34-13-21-40(22-14-34)58-46(50)36-17-25-38(26-18-36)52-28-8-30-54-44(48)4-2/h3-4,11-26,41-42H,1-2,5-10,27-32H2/t41-,42-/m1/s1. The highest BCUT2D eigenvalue weighted by molar-refractivity contribution is 5.91. The Morgan fingerprint density at radius 2 is 0.862 bits per heavy atom. The van der Waals surface area contributed by atoms with Crippen LogP contribution in [0.25, 0.3) is 0 Å². The molecule has 1 fully saturated rings. The second-order valence-electron chi connectivity index (χ2n) is 13.2. The highest BCUT2D eigenvalue weighted by Crippen LogP contribution is 2.27. The molecule has 1 aliphatic rings. The number of hydrogen-bond acceptors (Lipinski definition) is 12. The lowest BCUT2D eigenvalue weighted by molar-refractivity contribution is -0.138. The normalized spacial score (nSPS) is 14.7. The van der Waals surface area contributed by atoms with Gasteiger partial charge in [-0.3, -0.25) is 0 Å². The van der Waals surface area contributed by atoms with Crippen LogP contribution in [0.1, 0.15) is 70.4 Å². The third kappa shape index (κ3) is 14.4. The van der Waals surface area contributed by atoms with E-state index in [4.69, 9.17) is 37.9 Å². The van der Waals surface area contributed by atoms with Crippen molar-refractivity contribution in [3.05, 3.63) is 145 Å². The molecule has 1 saturated carbocycles. The van der Waals surface area contributed by atoms with Crippen molar-refractivity contribution in [1.82, 2.24) is 0 Å². The maximum atomic E-state index is 12.7. The Labute approximate surface area is 338 Å². The minimum atomic E-state index is -0.488. The molecule has 4 aromatic carbocycles. The summed E-state index contributed by atoms with van der Waals surface area (Å²) in [6, 6.07) is 27.7. The van der Waals surface area contributed by atoms with Crippen LogP contribution in [0.5, 0.6) is 23.0 Å². The van der Waals surface area contributed by atoms with E-state index < -0.39 is 23.9 Å². The first-order chi connectivity index (χ1) is 28.3. The van der Waals surface area contributed by atoms with Gasteiger partial charge in [-0.05, 0) is 96.8 Å². The van der Waals surface area contributed by atoms with Gasteiger partial charge in [-0.2, -0.15) is 0 Å². The van der Waals surface area contributed by atoms with Crippen LogP contribution in [0, 0.1) is 0 Å². The highest BCUT2D eigenvalue weighted by Gasteiger charge is 2.27. The summed E-state index contributed by atoms with van der Waals surface area (Å²) in [4.78, 5) is 47.6. The fraction of sp³-hybridized carbons (Fsp3) is 0.304. The fourth-order valence-electron chi connectivity index (χ4n) is 5.83. The minimum absolute atomic E-state index is 0.0629. The molecule has 2 atom stereocenters. The molecule has 58 heavy (non-hydrogen) atoms. The van der Waals surface area contributed by atoms with Gasteiger partial charge in [0.05, 0.1) is 63.0 Å². The molecule has 304 valence electrons. The number of benzene rings is 4. The highest BCUT2D eigenvalue weighted by atomic mass is 16.6. The van der Waals surface area contributed by atoms with Gasteiger partial charge in [0.1, 0.15) is 23.0 Å². The number of esters is 4. The summed E-state index contributed by atoms with van der Waals surface area (Å²) in [7, 11) is 0. The topological polar surface area (TPSA) is 142 Å². The van der Waals surface area contributed by atoms with Crippen molar-refractivity contribution in [2.75, 3.05) is 26.4 Å². The third-order valence-corrected chi connectivity index (χ3v) is 8.95. The lowest BCUT2D eigenvalue weighted by Crippen LogP contribution is -2.34. The summed E-state index contributed by atoms with van der Waals surface area (Å²) >= 11 is 0. The first-order valence-corrected chi connectivity index (χ1v) is 19.2. The maximum absolute atomic E-state index is 12.7. The molecular weight excluding hydrogens is 744 g/mol. The van der Waals surface area contributed by atoms with Crippen LogP contribution >= 0.6 is 0 Å². The molecule has 0 radical (unpaired) electrons. The van der Waals surface area contributed by atoms with E-state index in [2.05, 4.69) is 13.2 Å². The van der Waals surface area contributed by atoms with E-state index in [0.717, 1.165) is 49.0 Å². The molecule has 4 aromatic rings. The zero-order valence-electron chi connectivity index (χ0n) is 32.3. The van der Waals surface area contributed by atoms with E-state index >= 15 is 0 Å². The second kappa shape index (κ2) is 23.1. The average Bonchev–Trinajstić information content (AvgIpc) is 3.26. The van der Waals surface area contributed by atoms with E-state index in [1.54, 1.807) is 72.8 Å². The number of ether oxygens (including phenoxy) is 8. The molecule has 0 amide bonds. The monoisotopic (exact) mass is 792 g/mol. The average molecular weight is 793 g/mol. The smallest absolute Gasteiger partial charge is 0.343 e. The zero-order valence-corrected chi connectivity index (χ0v) is 32.3. The Balaban J connectivity index is 0.999. The first kappa shape index (κ1) is 42.9. The Morgan fingerprint density at radius 1 is 0.500 bits per heavy atom. The van der Waals surface area contributed by atoms with Crippen molar-refractivity contribution < 1.29 is 57.1 Å². The van der Waals surface area contributed by atoms with Gasteiger partial charge in [0.2, 0.25) is 0 Å². The number of carbonyl (C=O) groups is 4. The lowest BCUT2D eigenvalue weighted by Gasteiger charge is -2.31. The quantitative estimate of drug-likeness (QED) is 0.0328. The summed E-state index contributed by atoms with van der Waals surface area (Å²) in [6.07, 6.45) is 7.06. The summed E-state index contributed by atoms with van der Waals surface area (Å²) in [6.45, 7) is 8.66. The van der Waals surface area contributed by atoms with Gasteiger partial charge in [0.25, 0.3) is 0 Å². The number of hydrogen-bond donors (Lipinski definition) is 0. The fourth-order valence-corrected chi connectivity index (χ4v) is 5.83. The van der Waals surface area contributed by atoms with Gasteiger partial charge in [-0.15, -0.1) is 0 Å². The summed E-state index contributed by atoms with van der Waals surface area (Å²) in [5, 5.41) is 0. The van der Waals surface area contributed by atoms with Crippen molar-refractivity contribution in [3.8, 4) is 23.0 Å².